The molecule has 0 saturated carbocycles. The third-order valence-electron chi connectivity index (χ3n) is 5.98. The molecule has 4 aromatic rings. The summed E-state index contributed by atoms with van der Waals surface area (Å²) in [5.74, 6) is 2.58. The normalized spacial score (nSPS) is 15.1. The zero-order valence-corrected chi connectivity index (χ0v) is 19.2. The van der Waals surface area contributed by atoms with Crippen LogP contribution >= 0.6 is 0 Å². The molecule has 1 fully saturated rings. The van der Waals surface area contributed by atoms with Crippen molar-refractivity contribution in [1.29, 1.82) is 0 Å². The summed E-state index contributed by atoms with van der Waals surface area (Å²) in [5.41, 5.74) is 4.04. The van der Waals surface area contributed by atoms with Gasteiger partial charge in [-0.2, -0.15) is 4.98 Å². The molecule has 3 aromatic carbocycles. The first-order valence-corrected chi connectivity index (χ1v) is 11.6. The number of ether oxygens (including phenoxy) is 2. The molecular weight excluding hydrogens is 424 g/mol. The average molecular weight is 453 g/mol. The Morgan fingerprint density at radius 2 is 1.59 bits per heavy atom. The Morgan fingerprint density at radius 3 is 2.29 bits per heavy atom. The highest BCUT2D eigenvalue weighted by atomic mass is 16.5. The minimum Gasteiger partial charge on any atom is -0.497 e. The van der Waals surface area contributed by atoms with Gasteiger partial charge in [-0.05, 0) is 54.8 Å². The Kier molecular flexibility index (Phi) is 6.68. The fourth-order valence-electron chi connectivity index (χ4n) is 4.07. The van der Waals surface area contributed by atoms with Crippen molar-refractivity contribution >= 4 is 5.69 Å². The third-order valence-corrected chi connectivity index (χ3v) is 5.98. The van der Waals surface area contributed by atoms with Crippen LogP contribution in [0.4, 0.5) is 5.69 Å². The van der Waals surface area contributed by atoms with Crippen molar-refractivity contribution in [3.63, 3.8) is 0 Å². The van der Waals surface area contributed by atoms with Crippen LogP contribution in [0.1, 0.15) is 12.8 Å². The molecule has 1 saturated heterocycles. The molecule has 1 aromatic heterocycles. The van der Waals surface area contributed by atoms with Crippen molar-refractivity contribution in [2.24, 2.45) is 0 Å². The summed E-state index contributed by atoms with van der Waals surface area (Å²) < 4.78 is 11.4. The molecule has 0 bridgehead atoms. The maximum absolute atomic E-state index is 6.19. The van der Waals surface area contributed by atoms with Gasteiger partial charge in [-0.15, -0.1) is 0 Å². The second-order valence-corrected chi connectivity index (χ2v) is 8.31. The third kappa shape index (κ3) is 5.18. The molecule has 6 heteroatoms. The molecule has 34 heavy (non-hydrogen) atoms. The number of aromatic nitrogens is 2. The lowest BCUT2D eigenvalue weighted by Gasteiger charge is -2.16. The van der Waals surface area contributed by atoms with E-state index in [1.54, 1.807) is 13.3 Å². The van der Waals surface area contributed by atoms with Gasteiger partial charge in [-0.25, -0.2) is 4.98 Å². The molecule has 172 valence electrons. The number of nitrogens with zero attached hydrogens (tertiary/aromatic N) is 2. The zero-order valence-electron chi connectivity index (χ0n) is 19.2. The highest BCUT2D eigenvalue weighted by Crippen LogP contribution is 2.31. The quantitative estimate of drug-likeness (QED) is 0.353. The number of anilines is 1. The monoisotopic (exact) mass is 452 g/mol. The molecule has 0 aliphatic carbocycles. The van der Waals surface area contributed by atoms with Crippen molar-refractivity contribution < 1.29 is 9.47 Å². The summed E-state index contributed by atoms with van der Waals surface area (Å²) in [7, 11) is 1.65. The summed E-state index contributed by atoms with van der Waals surface area (Å²) in [5, 5.41) is 6.98. The lowest BCUT2D eigenvalue weighted by molar-refractivity contribution is 0.412. The second-order valence-electron chi connectivity index (χ2n) is 8.31. The minimum atomic E-state index is 0.444. The van der Waals surface area contributed by atoms with Crippen LogP contribution in [-0.2, 0) is 0 Å². The molecule has 5 rings (SSSR count). The van der Waals surface area contributed by atoms with E-state index in [9.17, 15) is 0 Å². The second kappa shape index (κ2) is 10.4. The molecule has 0 unspecified atom stereocenters. The highest BCUT2D eigenvalue weighted by Gasteiger charge is 2.16. The standard InChI is InChI=1S/C28H28N4O2/c1-33-24-13-15-25(16-14-24)34-28-26(30-18-23-8-5-17-29-23)19-31-27(32-28)22-11-9-21(10-12-22)20-6-3-2-4-7-20/h2-4,6-7,9-16,19,23,29-30H,5,8,17-18H2,1H3/t23-/m0/s1. The van der Waals surface area contributed by atoms with Gasteiger partial charge in [0.05, 0.1) is 13.3 Å². The zero-order chi connectivity index (χ0) is 23.2. The first kappa shape index (κ1) is 21.9. The fourth-order valence-corrected chi connectivity index (χ4v) is 4.07. The highest BCUT2D eigenvalue weighted by molar-refractivity contribution is 5.68. The molecule has 0 amide bonds. The van der Waals surface area contributed by atoms with E-state index in [1.807, 2.05) is 54.6 Å². The van der Waals surface area contributed by atoms with Crippen LogP contribution in [0.15, 0.2) is 85.1 Å². The minimum absolute atomic E-state index is 0.444. The molecule has 1 aliphatic heterocycles. The molecule has 2 heterocycles. The Hall–Kier alpha value is -3.90. The van der Waals surface area contributed by atoms with Crippen molar-refractivity contribution in [3.05, 3.63) is 85.1 Å². The summed E-state index contributed by atoms with van der Waals surface area (Å²) in [6.45, 7) is 1.86. The van der Waals surface area contributed by atoms with Crippen molar-refractivity contribution in [2.45, 2.75) is 18.9 Å². The maximum Gasteiger partial charge on any atom is 0.246 e. The summed E-state index contributed by atoms with van der Waals surface area (Å²) >= 11 is 0. The van der Waals surface area contributed by atoms with Gasteiger partial charge in [0.2, 0.25) is 5.88 Å². The first-order chi connectivity index (χ1) is 16.8. The van der Waals surface area contributed by atoms with Gasteiger partial charge in [0, 0.05) is 18.2 Å². The van der Waals surface area contributed by atoms with Gasteiger partial charge in [-0.3, -0.25) is 0 Å². The molecule has 1 atom stereocenters. The Morgan fingerprint density at radius 1 is 0.882 bits per heavy atom. The first-order valence-electron chi connectivity index (χ1n) is 11.6. The Labute approximate surface area is 200 Å². The van der Waals surface area contributed by atoms with Gasteiger partial charge in [0.25, 0.3) is 0 Å². The van der Waals surface area contributed by atoms with Crippen LogP contribution in [0.25, 0.3) is 22.5 Å². The maximum atomic E-state index is 6.19. The molecule has 1 aliphatic rings. The average Bonchev–Trinajstić information content (AvgIpc) is 3.43. The van der Waals surface area contributed by atoms with E-state index in [1.165, 1.54) is 12.0 Å². The molecule has 0 spiro atoms. The van der Waals surface area contributed by atoms with Gasteiger partial charge in [0.15, 0.2) is 5.82 Å². The smallest absolute Gasteiger partial charge is 0.246 e. The van der Waals surface area contributed by atoms with Crippen LogP contribution in [0.5, 0.6) is 17.4 Å². The van der Waals surface area contributed by atoms with Crippen molar-refractivity contribution in [3.8, 4) is 39.9 Å². The Bertz CT molecular complexity index is 1210. The van der Waals surface area contributed by atoms with E-state index in [-0.39, 0.29) is 0 Å². The number of hydrogen-bond donors (Lipinski definition) is 2. The van der Waals surface area contributed by atoms with Crippen LogP contribution < -0.4 is 20.1 Å². The van der Waals surface area contributed by atoms with E-state index < -0.39 is 0 Å². The number of methoxy groups -OCH3 is 1. The molecule has 2 N–H and O–H groups in total. The topological polar surface area (TPSA) is 68.3 Å². The molecule has 0 radical (unpaired) electrons. The van der Waals surface area contributed by atoms with Crippen molar-refractivity contribution in [2.75, 3.05) is 25.5 Å². The Balaban J connectivity index is 1.41. The van der Waals surface area contributed by atoms with E-state index in [4.69, 9.17) is 14.5 Å². The number of nitrogens with one attached hydrogen (secondary N) is 2. The summed E-state index contributed by atoms with van der Waals surface area (Å²) in [6.07, 6.45) is 4.17. The number of benzene rings is 3. The fraction of sp³-hybridized carbons (Fsp3) is 0.214. The molecule has 6 nitrogen and oxygen atoms in total. The van der Waals surface area contributed by atoms with Crippen LogP contribution in [0, 0.1) is 0 Å². The summed E-state index contributed by atoms with van der Waals surface area (Å²) in [4.78, 5) is 9.41. The van der Waals surface area contributed by atoms with Crippen molar-refractivity contribution in [1.82, 2.24) is 15.3 Å². The summed E-state index contributed by atoms with van der Waals surface area (Å²) in [6, 6.07) is 26.5. The van der Waals surface area contributed by atoms with E-state index in [0.29, 0.717) is 23.5 Å². The lowest BCUT2D eigenvalue weighted by Crippen LogP contribution is -2.29. The SMILES string of the molecule is COc1ccc(Oc2nc(-c3ccc(-c4ccccc4)cc3)ncc2NC[C@@H]2CCCN2)cc1. The van der Waals surface area contributed by atoms with Gasteiger partial charge >= 0.3 is 0 Å². The predicted molar refractivity (Wildman–Crippen MR) is 135 cm³/mol. The predicted octanol–water partition coefficient (Wildman–Crippen LogP) is 5.78. The lowest BCUT2D eigenvalue weighted by atomic mass is 10.0. The number of rotatable bonds is 8. The van der Waals surface area contributed by atoms with Gasteiger partial charge in [0.1, 0.15) is 17.2 Å². The van der Waals surface area contributed by atoms with Gasteiger partial charge < -0.3 is 20.1 Å². The largest absolute Gasteiger partial charge is 0.497 e. The van der Waals surface area contributed by atoms with E-state index in [2.05, 4.69) is 39.9 Å². The molecular formula is C28H28N4O2. The number of hydrogen-bond acceptors (Lipinski definition) is 6. The van der Waals surface area contributed by atoms with Crippen LogP contribution in [0.2, 0.25) is 0 Å². The van der Waals surface area contributed by atoms with E-state index >= 15 is 0 Å². The van der Waals surface area contributed by atoms with Gasteiger partial charge in [-0.1, -0.05) is 54.6 Å². The van der Waals surface area contributed by atoms with E-state index in [0.717, 1.165) is 42.1 Å². The van der Waals surface area contributed by atoms with Crippen LogP contribution in [0.3, 0.4) is 0 Å². The van der Waals surface area contributed by atoms with Crippen LogP contribution in [-0.4, -0.2) is 36.2 Å².